The Morgan fingerprint density at radius 1 is 1.50 bits per heavy atom. The Labute approximate surface area is 97.7 Å². The average Bonchev–Trinajstić information content (AvgIpc) is 2.76. The van der Waals surface area contributed by atoms with Gasteiger partial charge in [-0.25, -0.2) is 4.39 Å². The first-order valence-electron chi connectivity index (χ1n) is 4.54. The molecule has 4 heteroatoms. The van der Waals surface area contributed by atoms with Gasteiger partial charge >= 0.3 is 0 Å². The Balaban J connectivity index is 0.000000606. The van der Waals surface area contributed by atoms with E-state index in [2.05, 4.69) is 23.2 Å². The van der Waals surface area contributed by atoms with Crippen molar-refractivity contribution in [2.75, 3.05) is 6.38 Å². The molecule has 0 aliphatic rings. The van der Waals surface area contributed by atoms with E-state index in [1.165, 1.54) is 24.7 Å². The molecule has 0 aliphatic carbocycles. The number of aromatic nitrogens is 1. The van der Waals surface area contributed by atoms with E-state index in [0.717, 1.165) is 0 Å². The lowest BCUT2D eigenvalue weighted by atomic mass is 10.1. The summed E-state index contributed by atoms with van der Waals surface area (Å²) in [6.45, 7) is 3.37. The number of rotatable bonds is 2. The van der Waals surface area contributed by atoms with Gasteiger partial charge in [0.1, 0.15) is 5.82 Å². The van der Waals surface area contributed by atoms with Crippen molar-refractivity contribution in [2.45, 2.75) is 0 Å². The number of carbonyl (C=O) groups is 1. The number of allylic oxidation sites excluding steroid dienone is 1. The van der Waals surface area contributed by atoms with Crippen molar-refractivity contribution in [1.29, 1.82) is 0 Å². The van der Waals surface area contributed by atoms with Crippen LogP contribution in [0.2, 0.25) is 0 Å². The molecule has 0 fully saturated rings. The summed E-state index contributed by atoms with van der Waals surface area (Å²) in [5.74, 6) is -0.671. The van der Waals surface area contributed by atoms with Crippen LogP contribution in [0.3, 0.4) is 0 Å². The van der Waals surface area contributed by atoms with Crippen LogP contribution in [-0.2, 0) is 0 Å². The van der Waals surface area contributed by atoms with Gasteiger partial charge in [-0.2, -0.15) is 0 Å². The molecule has 1 N–H and O–H groups in total. The van der Waals surface area contributed by atoms with Crippen LogP contribution in [0.5, 0.6) is 0 Å². The maximum absolute atomic E-state index is 13.4. The van der Waals surface area contributed by atoms with Gasteiger partial charge in [0, 0.05) is 23.5 Å². The van der Waals surface area contributed by atoms with Crippen LogP contribution in [0.4, 0.5) is 4.39 Å². The highest BCUT2D eigenvalue weighted by atomic mass is 35.5. The number of nitrogens with one attached hydrogen (secondary N) is 1. The minimum absolute atomic E-state index is 0.277. The maximum Gasteiger partial charge on any atom is 0.187 e. The number of hydrogen-bond donors (Lipinski definition) is 1. The minimum Gasteiger partial charge on any atom is -0.360 e. The fourth-order valence-corrected chi connectivity index (χ4v) is 1.44. The quantitative estimate of drug-likeness (QED) is 0.485. The molecule has 0 unspecified atom stereocenters. The number of carbonyl (C=O) groups excluding carboxylic acids is 1. The van der Waals surface area contributed by atoms with Gasteiger partial charge in [-0.05, 0) is 18.2 Å². The highest BCUT2D eigenvalue weighted by Gasteiger charge is 2.12. The van der Waals surface area contributed by atoms with E-state index < -0.39 is 5.82 Å². The van der Waals surface area contributed by atoms with E-state index in [0.29, 0.717) is 16.5 Å². The Kier molecular flexibility index (Phi) is 4.26. The monoisotopic (exact) mass is 239 g/mol. The number of fused-ring (bicyclic) bond motifs is 1. The van der Waals surface area contributed by atoms with Crippen molar-refractivity contribution in [2.24, 2.45) is 0 Å². The highest BCUT2D eigenvalue weighted by molar-refractivity contribution is 6.15. The maximum atomic E-state index is 13.4. The van der Waals surface area contributed by atoms with Gasteiger partial charge in [0.2, 0.25) is 0 Å². The van der Waals surface area contributed by atoms with Crippen molar-refractivity contribution in [3.8, 4) is 0 Å². The molecular formula is C12H11ClFNO. The van der Waals surface area contributed by atoms with E-state index in [4.69, 9.17) is 0 Å². The van der Waals surface area contributed by atoms with Crippen LogP contribution in [0.15, 0.2) is 37.1 Å². The predicted octanol–water partition coefficient (Wildman–Crippen LogP) is 3.53. The fourth-order valence-electron chi connectivity index (χ4n) is 1.44. The van der Waals surface area contributed by atoms with Crippen molar-refractivity contribution in [3.05, 3.63) is 48.4 Å². The van der Waals surface area contributed by atoms with Crippen LogP contribution in [0, 0.1) is 5.82 Å². The van der Waals surface area contributed by atoms with Crippen LogP contribution >= 0.6 is 11.6 Å². The summed E-state index contributed by atoms with van der Waals surface area (Å²) in [6.07, 6.45) is 4.15. The molecule has 0 atom stereocenters. The van der Waals surface area contributed by atoms with Crippen molar-refractivity contribution in [1.82, 2.24) is 4.98 Å². The molecule has 1 aromatic heterocycles. The van der Waals surface area contributed by atoms with Gasteiger partial charge < -0.3 is 4.98 Å². The zero-order chi connectivity index (χ0) is 12.1. The highest BCUT2D eigenvalue weighted by Crippen LogP contribution is 2.21. The molecule has 0 saturated carbocycles. The number of benzene rings is 1. The molecule has 0 radical (unpaired) electrons. The second kappa shape index (κ2) is 5.47. The van der Waals surface area contributed by atoms with Crippen molar-refractivity contribution < 1.29 is 9.18 Å². The van der Waals surface area contributed by atoms with Gasteiger partial charge in [0.25, 0.3) is 0 Å². The predicted molar refractivity (Wildman–Crippen MR) is 64.6 cm³/mol. The van der Waals surface area contributed by atoms with Gasteiger partial charge in [-0.15, -0.1) is 11.6 Å². The normalized spacial score (nSPS) is 9.44. The van der Waals surface area contributed by atoms with Crippen LogP contribution < -0.4 is 0 Å². The molecule has 1 aromatic carbocycles. The lowest BCUT2D eigenvalue weighted by molar-refractivity contribution is 0.104. The molecule has 0 amide bonds. The number of H-pyrrole nitrogens is 1. The topological polar surface area (TPSA) is 32.9 Å². The van der Waals surface area contributed by atoms with E-state index >= 15 is 0 Å². The largest absolute Gasteiger partial charge is 0.360 e. The molecule has 2 nitrogen and oxygen atoms in total. The van der Waals surface area contributed by atoms with Crippen molar-refractivity contribution in [3.63, 3.8) is 0 Å². The lowest BCUT2D eigenvalue weighted by Gasteiger charge is -1.94. The Morgan fingerprint density at radius 3 is 2.81 bits per heavy atom. The van der Waals surface area contributed by atoms with Crippen LogP contribution in [-0.4, -0.2) is 17.2 Å². The van der Waals surface area contributed by atoms with Gasteiger partial charge in [0.05, 0.1) is 5.56 Å². The second-order valence-electron chi connectivity index (χ2n) is 2.93. The standard InChI is InChI=1S/C11H8FNO.CH3Cl/c1-2-10(14)7-6-13-9-5-3-4-8(12)11(7)9;1-2/h2-6,13H,1H2;1H3. The average molecular weight is 240 g/mol. The zero-order valence-corrected chi connectivity index (χ0v) is 9.51. The van der Waals surface area contributed by atoms with Crippen LogP contribution in [0.1, 0.15) is 10.4 Å². The molecule has 0 bridgehead atoms. The van der Waals surface area contributed by atoms with Gasteiger partial charge in [-0.1, -0.05) is 12.6 Å². The number of halogens is 2. The third-order valence-electron chi connectivity index (χ3n) is 2.11. The summed E-state index contributed by atoms with van der Waals surface area (Å²) in [6, 6.07) is 4.64. The fraction of sp³-hybridized carbons (Fsp3) is 0.0833. The SMILES string of the molecule is C=CC(=O)c1c[nH]c2cccc(F)c12.CCl. The number of ketones is 1. The molecule has 2 aromatic rings. The summed E-state index contributed by atoms with van der Waals surface area (Å²) in [7, 11) is 0. The smallest absolute Gasteiger partial charge is 0.187 e. The Hall–Kier alpha value is -1.61. The number of hydrogen-bond acceptors (Lipinski definition) is 1. The summed E-state index contributed by atoms with van der Waals surface area (Å²) >= 11 is 4.64. The zero-order valence-electron chi connectivity index (χ0n) is 8.76. The molecule has 0 aliphatic heterocycles. The molecule has 0 saturated heterocycles. The second-order valence-corrected chi connectivity index (χ2v) is 2.93. The first kappa shape index (κ1) is 12.5. The van der Waals surface area contributed by atoms with Gasteiger partial charge in [0.15, 0.2) is 5.78 Å². The molecule has 16 heavy (non-hydrogen) atoms. The summed E-state index contributed by atoms with van der Waals surface area (Å²) in [5, 5.41) is 0.331. The van der Waals surface area contributed by atoms with Crippen LogP contribution in [0.25, 0.3) is 10.9 Å². The third kappa shape index (κ3) is 2.14. The number of alkyl halides is 1. The molecule has 2 rings (SSSR count). The molecular weight excluding hydrogens is 229 g/mol. The summed E-state index contributed by atoms with van der Waals surface area (Å²) < 4.78 is 13.4. The Morgan fingerprint density at radius 2 is 2.19 bits per heavy atom. The molecule has 84 valence electrons. The third-order valence-corrected chi connectivity index (χ3v) is 2.11. The minimum atomic E-state index is -0.394. The molecule has 0 spiro atoms. The van der Waals surface area contributed by atoms with Gasteiger partial charge in [-0.3, -0.25) is 4.79 Å². The summed E-state index contributed by atoms with van der Waals surface area (Å²) in [4.78, 5) is 14.2. The Bertz CT molecular complexity index is 519. The van der Waals surface area contributed by atoms with Crippen molar-refractivity contribution >= 4 is 28.3 Å². The van der Waals surface area contributed by atoms with E-state index in [1.54, 1.807) is 12.1 Å². The summed E-state index contributed by atoms with van der Waals surface area (Å²) in [5.41, 5.74) is 0.948. The lowest BCUT2D eigenvalue weighted by Crippen LogP contribution is -1.92. The van der Waals surface area contributed by atoms with E-state index in [1.807, 2.05) is 0 Å². The number of aromatic amines is 1. The first-order chi connectivity index (χ1) is 7.74. The first-order valence-corrected chi connectivity index (χ1v) is 5.30. The molecule has 1 heterocycles. The van der Waals surface area contributed by atoms with E-state index in [-0.39, 0.29) is 5.78 Å². The van der Waals surface area contributed by atoms with E-state index in [9.17, 15) is 9.18 Å².